The molecule has 1 rings (SSSR count). The average Bonchev–Trinajstić information content (AvgIpc) is 2.43. The van der Waals surface area contributed by atoms with Crippen LogP contribution in [0.4, 0.5) is 0 Å². The van der Waals surface area contributed by atoms with E-state index in [9.17, 15) is 20.1 Å². The molecule has 0 saturated carbocycles. The first kappa shape index (κ1) is 16.1. The van der Waals surface area contributed by atoms with Crippen LogP contribution in [0, 0.1) is 0 Å². The van der Waals surface area contributed by atoms with Gasteiger partial charge in [-0.1, -0.05) is 39.0 Å². The summed E-state index contributed by atoms with van der Waals surface area (Å²) in [6.07, 6.45) is 6.84. The van der Waals surface area contributed by atoms with Gasteiger partial charge in [0.25, 0.3) is 5.91 Å². The van der Waals surface area contributed by atoms with Crippen LogP contribution in [0.5, 0.6) is 17.2 Å². The van der Waals surface area contributed by atoms with E-state index < -0.39 is 17.2 Å². The number of phenols is 3. The van der Waals surface area contributed by atoms with E-state index in [2.05, 4.69) is 12.2 Å². The Bertz CT molecular complexity index is 422. The molecule has 0 bridgehead atoms. The lowest BCUT2D eigenvalue weighted by Crippen LogP contribution is -2.24. The third-order valence-corrected chi connectivity index (χ3v) is 3.15. The van der Waals surface area contributed by atoms with Gasteiger partial charge in [0.1, 0.15) is 0 Å². The molecule has 0 aliphatic carbocycles. The van der Waals surface area contributed by atoms with Crippen molar-refractivity contribution in [2.75, 3.05) is 6.54 Å². The van der Waals surface area contributed by atoms with Crippen molar-refractivity contribution in [2.24, 2.45) is 0 Å². The van der Waals surface area contributed by atoms with Gasteiger partial charge in [0.15, 0.2) is 17.2 Å². The van der Waals surface area contributed by atoms with Crippen molar-refractivity contribution < 1.29 is 20.1 Å². The molecule has 0 aromatic heterocycles. The highest BCUT2D eigenvalue weighted by Gasteiger charge is 2.12. The summed E-state index contributed by atoms with van der Waals surface area (Å²) < 4.78 is 0. The van der Waals surface area contributed by atoms with Gasteiger partial charge < -0.3 is 20.6 Å². The Labute approximate surface area is 119 Å². The van der Waals surface area contributed by atoms with Crippen molar-refractivity contribution >= 4 is 5.91 Å². The van der Waals surface area contributed by atoms with Gasteiger partial charge in [0, 0.05) is 12.1 Å². The van der Waals surface area contributed by atoms with Crippen LogP contribution < -0.4 is 5.32 Å². The average molecular weight is 281 g/mol. The van der Waals surface area contributed by atoms with Crippen LogP contribution >= 0.6 is 0 Å². The molecular weight excluding hydrogens is 258 g/mol. The fourth-order valence-corrected chi connectivity index (χ4v) is 1.94. The SMILES string of the molecule is CCCCCCCCNC(=O)c1cc(O)c(O)c(O)c1. The third kappa shape index (κ3) is 4.99. The quantitative estimate of drug-likeness (QED) is 0.435. The second-order valence-electron chi connectivity index (χ2n) is 4.89. The summed E-state index contributed by atoms with van der Waals surface area (Å²) in [5.74, 6) is -1.99. The van der Waals surface area contributed by atoms with Crippen molar-refractivity contribution in [3.8, 4) is 17.2 Å². The summed E-state index contributed by atoms with van der Waals surface area (Å²) in [6.45, 7) is 2.73. The molecule has 0 spiro atoms. The molecule has 0 unspecified atom stereocenters. The normalized spacial score (nSPS) is 10.4. The van der Waals surface area contributed by atoms with Gasteiger partial charge in [-0.25, -0.2) is 0 Å². The van der Waals surface area contributed by atoms with E-state index in [1.54, 1.807) is 0 Å². The van der Waals surface area contributed by atoms with Crippen molar-refractivity contribution in [3.05, 3.63) is 17.7 Å². The molecule has 5 heteroatoms. The predicted molar refractivity (Wildman–Crippen MR) is 77.1 cm³/mol. The Kier molecular flexibility index (Phi) is 6.70. The molecule has 1 amide bonds. The minimum absolute atomic E-state index is 0.129. The van der Waals surface area contributed by atoms with Gasteiger partial charge >= 0.3 is 0 Å². The van der Waals surface area contributed by atoms with E-state index in [0.29, 0.717) is 6.54 Å². The first-order valence-electron chi connectivity index (χ1n) is 7.09. The number of hydrogen-bond donors (Lipinski definition) is 4. The molecular formula is C15H23NO4. The summed E-state index contributed by atoms with van der Waals surface area (Å²) >= 11 is 0. The Morgan fingerprint density at radius 2 is 1.55 bits per heavy atom. The highest BCUT2D eigenvalue weighted by molar-refractivity contribution is 5.95. The first-order valence-corrected chi connectivity index (χ1v) is 7.09. The zero-order chi connectivity index (χ0) is 15.0. The number of amides is 1. The highest BCUT2D eigenvalue weighted by atomic mass is 16.3. The first-order chi connectivity index (χ1) is 9.56. The molecule has 1 aromatic rings. The Morgan fingerprint density at radius 3 is 2.15 bits per heavy atom. The molecule has 0 atom stereocenters. The number of unbranched alkanes of at least 4 members (excludes halogenated alkanes) is 5. The van der Waals surface area contributed by atoms with Crippen LogP contribution in [0.1, 0.15) is 55.8 Å². The van der Waals surface area contributed by atoms with Crippen LogP contribution in [0.3, 0.4) is 0 Å². The van der Waals surface area contributed by atoms with Crippen LogP contribution in [-0.4, -0.2) is 27.8 Å². The second-order valence-corrected chi connectivity index (χ2v) is 4.89. The van der Waals surface area contributed by atoms with E-state index in [-0.39, 0.29) is 11.5 Å². The van der Waals surface area contributed by atoms with Crippen LogP contribution in [-0.2, 0) is 0 Å². The van der Waals surface area contributed by atoms with Gasteiger partial charge in [-0.15, -0.1) is 0 Å². The number of hydrogen-bond acceptors (Lipinski definition) is 4. The number of nitrogens with one attached hydrogen (secondary N) is 1. The molecule has 20 heavy (non-hydrogen) atoms. The maximum Gasteiger partial charge on any atom is 0.251 e. The number of aromatic hydroxyl groups is 3. The Hall–Kier alpha value is -1.91. The van der Waals surface area contributed by atoms with Crippen LogP contribution in [0.15, 0.2) is 12.1 Å². The minimum atomic E-state index is -0.613. The largest absolute Gasteiger partial charge is 0.504 e. The summed E-state index contributed by atoms with van der Waals surface area (Å²) in [7, 11) is 0. The molecule has 0 fully saturated rings. The zero-order valence-electron chi connectivity index (χ0n) is 11.9. The lowest BCUT2D eigenvalue weighted by Gasteiger charge is -2.07. The summed E-state index contributed by atoms with van der Waals surface area (Å²) in [6, 6.07) is 2.26. The number of carbonyl (C=O) groups is 1. The molecule has 5 nitrogen and oxygen atoms in total. The maximum absolute atomic E-state index is 11.8. The van der Waals surface area contributed by atoms with Gasteiger partial charge in [-0.2, -0.15) is 0 Å². The van der Waals surface area contributed by atoms with Gasteiger partial charge in [0.2, 0.25) is 0 Å². The van der Waals surface area contributed by atoms with Gasteiger partial charge in [-0.3, -0.25) is 4.79 Å². The lowest BCUT2D eigenvalue weighted by atomic mass is 10.1. The van der Waals surface area contributed by atoms with E-state index >= 15 is 0 Å². The molecule has 112 valence electrons. The van der Waals surface area contributed by atoms with E-state index in [0.717, 1.165) is 25.0 Å². The van der Waals surface area contributed by atoms with Crippen molar-refractivity contribution in [1.29, 1.82) is 0 Å². The Morgan fingerprint density at radius 1 is 1.00 bits per heavy atom. The van der Waals surface area contributed by atoms with Crippen molar-refractivity contribution in [1.82, 2.24) is 5.32 Å². The summed E-state index contributed by atoms with van der Waals surface area (Å²) in [5.41, 5.74) is 0.129. The van der Waals surface area contributed by atoms with Gasteiger partial charge in [-0.05, 0) is 18.6 Å². The minimum Gasteiger partial charge on any atom is -0.504 e. The number of phenolic OH excluding ortho intramolecular Hbond substituents is 3. The van der Waals surface area contributed by atoms with Crippen molar-refractivity contribution in [3.63, 3.8) is 0 Å². The zero-order valence-corrected chi connectivity index (χ0v) is 11.9. The Balaban J connectivity index is 2.33. The fourth-order valence-electron chi connectivity index (χ4n) is 1.94. The van der Waals surface area contributed by atoms with E-state index in [4.69, 9.17) is 0 Å². The number of rotatable bonds is 8. The monoisotopic (exact) mass is 281 g/mol. The topological polar surface area (TPSA) is 89.8 Å². The van der Waals surface area contributed by atoms with E-state index in [1.807, 2.05) is 0 Å². The molecule has 1 aromatic carbocycles. The summed E-state index contributed by atoms with van der Waals surface area (Å²) in [5, 5.41) is 30.6. The second kappa shape index (κ2) is 8.30. The predicted octanol–water partition coefficient (Wildman–Crippen LogP) is 2.89. The highest BCUT2D eigenvalue weighted by Crippen LogP contribution is 2.35. The van der Waals surface area contributed by atoms with E-state index in [1.165, 1.54) is 25.7 Å². The number of carbonyl (C=O) groups excluding carboxylic acids is 1. The standard InChI is InChI=1S/C15H23NO4/c1-2-3-4-5-6-7-8-16-15(20)11-9-12(17)14(19)13(18)10-11/h9-10,17-19H,2-8H2,1H3,(H,16,20). The molecule has 0 saturated heterocycles. The van der Waals surface area contributed by atoms with Crippen LogP contribution in [0.2, 0.25) is 0 Å². The number of benzene rings is 1. The molecule has 0 radical (unpaired) electrons. The maximum atomic E-state index is 11.8. The van der Waals surface area contributed by atoms with Gasteiger partial charge in [0.05, 0.1) is 0 Å². The summed E-state index contributed by atoms with van der Waals surface area (Å²) in [4.78, 5) is 11.8. The smallest absolute Gasteiger partial charge is 0.251 e. The lowest BCUT2D eigenvalue weighted by molar-refractivity contribution is 0.0952. The van der Waals surface area contributed by atoms with Crippen molar-refractivity contribution in [2.45, 2.75) is 45.4 Å². The molecule has 0 heterocycles. The molecule has 4 N–H and O–H groups in total. The third-order valence-electron chi connectivity index (χ3n) is 3.15. The molecule has 0 aliphatic heterocycles. The fraction of sp³-hybridized carbons (Fsp3) is 0.533. The molecule has 0 aliphatic rings. The van der Waals surface area contributed by atoms with Crippen LogP contribution in [0.25, 0.3) is 0 Å².